The highest BCUT2D eigenvalue weighted by Crippen LogP contribution is 2.28. The van der Waals surface area contributed by atoms with E-state index >= 15 is 0 Å². The normalized spacial score (nSPS) is 14.6. The molecule has 1 N–H and O–H groups in total. The largest absolute Gasteiger partial charge is 0.380 e. The van der Waals surface area contributed by atoms with Crippen molar-refractivity contribution in [1.82, 2.24) is 5.32 Å². The van der Waals surface area contributed by atoms with Crippen LogP contribution in [-0.2, 0) is 11.3 Å². The number of ether oxygens (including phenoxy) is 1. The first-order valence-electron chi connectivity index (χ1n) is 7.33. The number of rotatable bonds is 8. The van der Waals surface area contributed by atoms with Gasteiger partial charge in [0.2, 0.25) is 0 Å². The molecule has 0 saturated heterocycles. The molecule has 3 rings (SSSR count). The highest BCUT2D eigenvalue weighted by Gasteiger charge is 2.20. The average Bonchev–Trinajstić information content (AvgIpc) is 3.20. The van der Waals surface area contributed by atoms with Crippen molar-refractivity contribution in [3.05, 3.63) is 46.7 Å². The van der Waals surface area contributed by atoms with Crippen molar-refractivity contribution < 1.29 is 4.74 Å². The van der Waals surface area contributed by atoms with Crippen molar-refractivity contribution in [2.75, 3.05) is 19.8 Å². The summed E-state index contributed by atoms with van der Waals surface area (Å²) < 4.78 is 5.61. The molecule has 0 bridgehead atoms. The van der Waals surface area contributed by atoms with Gasteiger partial charge in [-0.3, -0.25) is 0 Å². The van der Waals surface area contributed by atoms with Crippen LogP contribution in [0.5, 0.6) is 0 Å². The maximum absolute atomic E-state index is 5.61. The summed E-state index contributed by atoms with van der Waals surface area (Å²) in [4.78, 5) is 1.38. The second kappa shape index (κ2) is 7.02. The summed E-state index contributed by atoms with van der Waals surface area (Å²) in [5.41, 5.74) is 2.61. The molecule has 2 nitrogen and oxygen atoms in total. The molecule has 0 atom stereocenters. The van der Waals surface area contributed by atoms with Gasteiger partial charge in [-0.15, -0.1) is 11.3 Å². The highest BCUT2D eigenvalue weighted by molar-refractivity contribution is 7.10. The Kier molecular flexibility index (Phi) is 4.85. The summed E-state index contributed by atoms with van der Waals surface area (Å²) in [6.45, 7) is 3.65. The van der Waals surface area contributed by atoms with Crippen molar-refractivity contribution in [2.45, 2.75) is 19.4 Å². The second-order valence-corrected chi connectivity index (χ2v) is 6.36. The molecule has 0 spiro atoms. The van der Waals surface area contributed by atoms with Crippen LogP contribution in [0.25, 0.3) is 11.1 Å². The maximum atomic E-state index is 5.61. The van der Waals surface area contributed by atoms with Gasteiger partial charge < -0.3 is 10.1 Å². The number of thiophene rings is 1. The summed E-state index contributed by atoms with van der Waals surface area (Å²) in [5, 5.41) is 5.68. The monoisotopic (exact) mass is 287 g/mol. The van der Waals surface area contributed by atoms with Crippen LogP contribution in [0.2, 0.25) is 0 Å². The molecule has 1 aromatic carbocycles. The van der Waals surface area contributed by atoms with E-state index in [4.69, 9.17) is 4.74 Å². The van der Waals surface area contributed by atoms with E-state index in [-0.39, 0.29) is 0 Å². The van der Waals surface area contributed by atoms with Crippen molar-refractivity contribution >= 4 is 11.3 Å². The molecule has 1 heterocycles. The van der Waals surface area contributed by atoms with E-state index in [1.165, 1.54) is 28.8 Å². The fourth-order valence-corrected chi connectivity index (χ4v) is 3.01. The topological polar surface area (TPSA) is 21.3 Å². The lowest BCUT2D eigenvalue weighted by atomic mass is 10.1. The van der Waals surface area contributed by atoms with Crippen LogP contribution < -0.4 is 5.32 Å². The van der Waals surface area contributed by atoms with Crippen molar-refractivity contribution in [3.8, 4) is 11.1 Å². The Morgan fingerprint density at radius 3 is 2.80 bits per heavy atom. The van der Waals surface area contributed by atoms with Gasteiger partial charge in [0.1, 0.15) is 0 Å². The molecule has 0 radical (unpaired) electrons. The van der Waals surface area contributed by atoms with E-state index in [2.05, 4.69) is 47.1 Å². The molecule has 3 heteroatoms. The smallest absolute Gasteiger partial charge is 0.0591 e. The summed E-state index contributed by atoms with van der Waals surface area (Å²) in [6.07, 6.45) is 2.73. The first-order chi connectivity index (χ1) is 9.92. The summed E-state index contributed by atoms with van der Waals surface area (Å²) in [6, 6.07) is 12.8. The molecule has 20 heavy (non-hydrogen) atoms. The third kappa shape index (κ3) is 4.17. The van der Waals surface area contributed by atoms with Gasteiger partial charge in [-0.05, 0) is 41.3 Å². The van der Waals surface area contributed by atoms with Crippen molar-refractivity contribution in [1.29, 1.82) is 0 Å². The quantitative estimate of drug-likeness (QED) is 0.743. The van der Waals surface area contributed by atoms with Crippen LogP contribution >= 0.6 is 11.3 Å². The molecular formula is C17H21NOS. The van der Waals surface area contributed by atoms with E-state index in [1.807, 2.05) is 11.3 Å². The van der Waals surface area contributed by atoms with E-state index in [9.17, 15) is 0 Å². The lowest BCUT2D eigenvalue weighted by Crippen LogP contribution is -2.19. The predicted molar refractivity (Wildman–Crippen MR) is 85.0 cm³/mol. The number of benzene rings is 1. The zero-order valence-corrected chi connectivity index (χ0v) is 12.5. The third-order valence-corrected chi connectivity index (χ3v) is 4.47. The van der Waals surface area contributed by atoms with E-state index in [0.29, 0.717) is 0 Å². The van der Waals surface area contributed by atoms with Crippen LogP contribution in [0.1, 0.15) is 17.7 Å². The minimum atomic E-state index is 0.827. The van der Waals surface area contributed by atoms with Crippen LogP contribution in [0, 0.1) is 5.92 Å². The van der Waals surface area contributed by atoms with Crippen LogP contribution in [0.3, 0.4) is 0 Å². The van der Waals surface area contributed by atoms with Gasteiger partial charge in [-0.25, -0.2) is 0 Å². The Balaban J connectivity index is 1.38. The Morgan fingerprint density at radius 2 is 2.00 bits per heavy atom. The van der Waals surface area contributed by atoms with Gasteiger partial charge in [0, 0.05) is 24.6 Å². The van der Waals surface area contributed by atoms with E-state index in [0.717, 1.165) is 32.2 Å². The molecule has 1 saturated carbocycles. The lowest BCUT2D eigenvalue weighted by molar-refractivity contribution is 0.126. The minimum Gasteiger partial charge on any atom is -0.380 e. The fourth-order valence-electron chi connectivity index (χ4n) is 2.15. The number of nitrogens with one attached hydrogen (secondary N) is 1. The van der Waals surface area contributed by atoms with Crippen LogP contribution in [-0.4, -0.2) is 19.8 Å². The van der Waals surface area contributed by atoms with Crippen molar-refractivity contribution in [3.63, 3.8) is 0 Å². The molecule has 1 aliphatic carbocycles. The highest BCUT2D eigenvalue weighted by atomic mass is 32.1. The SMILES string of the molecule is c1ccc(-c2csc(CNCCOCC3CC3)c2)cc1. The Bertz CT molecular complexity index is 519. The molecule has 0 amide bonds. The number of hydrogen-bond donors (Lipinski definition) is 1. The zero-order valence-electron chi connectivity index (χ0n) is 11.7. The summed E-state index contributed by atoms with van der Waals surface area (Å²) in [7, 11) is 0. The Morgan fingerprint density at radius 1 is 1.15 bits per heavy atom. The molecule has 1 aliphatic rings. The molecule has 0 unspecified atom stereocenters. The Labute approximate surface area is 124 Å². The van der Waals surface area contributed by atoms with Gasteiger partial charge in [-0.2, -0.15) is 0 Å². The zero-order chi connectivity index (χ0) is 13.6. The third-order valence-electron chi connectivity index (χ3n) is 3.53. The van der Waals surface area contributed by atoms with Gasteiger partial charge in [0.05, 0.1) is 6.61 Å². The first-order valence-corrected chi connectivity index (χ1v) is 8.21. The van der Waals surface area contributed by atoms with Gasteiger partial charge >= 0.3 is 0 Å². The van der Waals surface area contributed by atoms with Crippen LogP contribution in [0.15, 0.2) is 41.8 Å². The van der Waals surface area contributed by atoms with Gasteiger partial charge in [0.25, 0.3) is 0 Å². The standard InChI is InChI=1S/C17H21NOS/c1-2-4-15(5-3-1)16-10-17(20-13-16)11-18-8-9-19-12-14-6-7-14/h1-5,10,13-14,18H,6-9,11-12H2. The average molecular weight is 287 g/mol. The molecule has 2 aromatic rings. The molecule has 1 aromatic heterocycles. The minimum absolute atomic E-state index is 0.827. The molecule has 0 aliphatic heterocycles. The van der Waals surface area contributed by atoms with E-state index < -0.39 is 0 Å². The van der Waals surface area contributed by atoms with Gasteiger partial charge in [-0.1, -0.05) is 30.3 Å². The van der Waals surface area contributed by atoms with E-state index in [1.54, 1.807) is 0 Å². The molecule has 106 valence electrons. The van der Waals surface area contributed by atoms with Gasteiger partial charge in [0.15, 0.2) is 0 Å². The first kappa shape index (κ1) is 13.8. The van der Waals surface area contributed by atoms with Crippen LogP contribution in [0.4, 0.5) is 0 Å². The van der Waals surface area contributed by atoms with Crippen molar-refractivity contribution in [2.24, 2.45) is 5.92 Å². The summed E-state index contributed by atoms with van der Waals surface area (Å²) in [5.74, 6) is 0.862. The second-order valence-electron chi connectivity index (χ2n) is 5.36. The molecular weight excluding hydrogens is 266 g/mol. The molecule has 1 fully saturated rings. The summed E-state index contributed by atoms with van der Waals surface area (Å²) >= 11 is 1.82. The number of hydrogen-bond acceptors (Lipinski definition) is 3. The fraction of sp³-hybridized carbons (Fsp3) is 0.412. The lowest BCUT2D eigenvalue weighted by Gasteiger charge is -2.04. The Hall–Kier alpha value is -1.16. The predicted octanol–water partition coefficient (Wildman–Crippen LogP) is 3.93. The maximum Gasteiger partial charge on any atom is 0.0591 e.